The molecule has 7 heteroatoms. The van der Waals surface area contributed by atoms with Gasteiger partial charge in [0.2, 0.25) is 0 Å². The highest BCUT2D eigenvalue weighted by Gasteiger charge is 2.47. The fourth-order valence-electron chi connectivity index (χ4n) is 3.92. The zero-order chi connectivity index (χ0) is 22.3. The third kappa shape index (κ3) is 3.65. The summed E-state index contributed by atoms with van der Waals surface area (Å²) < 4.78 is 11.2. The van der Waals surface area contributed by atoms with Gasteiger partial charge in [-0.15, -0.1) is 11.3 Å². The van der Waals surface area contributed by atoms with E-state index >= 15 is 0 Å². The summed E-state index contributed by atoms with van der Waals surface area (Å²) in [6.45, 7) is 5.73. The molecule has 0 bridgehead atoms. The number of amides is 1. The van der Waals surface area contributed by atoms with E-state index in [2.05, 4.69) is 0 Å². The highest BCUT2D eigenvalue weighted by Crippen LogP contribution is 2.42. The number of ether oxygens (including phenoxy) is 1. The van der Waals surface area contributed by atoms with Gasteiger partial charge in [-0.25, -0.2) is 0 Å². The maximum atomic E-state index is 13.1. The Morgan fingerprint density at radius 2 is 1.94 bits per heavy atom. The Bertz CT molecular complexity index is 1190. The van der Waals surface area contributed by atoms with Crippen LogP contribution in [0.3, 0.4) is 0 Å². The molecule has 31 heavy (non-hydrogen) atoms. The predicted octanol–water partition coefficient (Wildman–Crippen LogP) is 4.90. The van der Waals surface area contributed by atoms with Crippen molar-refractivity contribution < 1.29 is 23.8 Å². The Morgan fingerprint density at radius 1 is 1.16 bits per heavy atom. The number of thiophene rings is 1. The van der Waals surface area contributed by atoms with E-state index in [1.165, 1.54) is 16.2 Å². The topological polar surface area (TPSA) is 80.0 Å². The third-order valence-electron chi connectivity index (χ3n) is 5.47. The van der Waals surface area contributed by atoms with E-state index in [1.807, 2.05) is 31.4 Å². The Balaban J connectivity index is 1.89. The number of nitrogens with zero attached hydrogens (tertiary/aromatic N) is 1. The first-order chi connectivity index (χ1) is 14.8. The van der Waals surface area contributed by atoms with Crippen molar-refractivity contribution in [3.63, 3.8) is 0 Å². The van der Waals surface area contributed by atoms with E-state index in [9.17, 15) is 14.7 Å². The molecule has 6 nitrogen and oxygen atoms in total. The Kier molecular flexibility index (Phi) is 5.45. The molecule has 1 amide bonds. The average Bonchev–Trinajstić information content (AvgIpc) is 3.46. The summed E-state index contributed by atoms with van der Waals surface area (Å²) in [5.41, 5.74) is 2.07. The maximum absolute atomic E-state index is 13.1. The van der Waals surface area contributed by atoms with Crippen LogP contribution < -0.4 is 4.74 Å². The lowest BCUT2D eigenvalue weighted by Gasteiger charge is -2.23. The van der Waals surface area contributed by atoms with Crippen LogP contribution >= 0.6 is 11.3 Å². The lowest BCUT2D eigenvalue weighted by atomic mass is 9.95. The van der Waals surface area contributed by atoms with Crippen molar-refractivity contribution in [1.29, 1.82) is 0 Å². The van der Waals surface area contributed by atoms with Gasteiger partial charge in [-0.05, 0) is 67.6 Å². The maximum Gasteiger partial charge on any atom is 0.296 e. The van der Waals surface area contributed by atoms with Crippen LogP contribution in [0.1, 0.15) is 39.1 Å². The molecule has 0 spiro atoms. The number of likely N-dealkylation sites (tertiary alicyclic amines) is 1. The number of aryl methyl sites for hydroxylation is 3. The number of hydrogen-bond acceptors (Lipinski definition) is 6. The lowest BCUT2D eigenvalue weighted by Crippen LogP contribution is -2.28. The van der Waals surface area contributed by atoms with Gasteiger partial charge in [0.1, 0.15) is 29.1 Å². The van der Waals surface area contributed by atoms with Gasteiger partial charge in [0.15, 0.2) is 0 Å². The predicted molar refractivity (Wildman–Crippen MR) is 118 cm³/mol. The quantitative estimate of drug-likeness (QED) is 0.349. The summed E-state index contributed by atoms with van der Waals surface area (Å²) in [5.74, 6) is 0.198. The molecule has 0 radical (unpaired) electrons. The second-order valence-electron chi connectivity index (χ2n) is 7.59. The van der Waals surface area contributed by atoms with Gasteiger partial charge in [0.25, 0.3) is 11.7 Å². The first-order valence-electron chi connectivity index (χ1n) is 9.84. The smallest absolute Gasteiger partial charge is 0.296 e. The average molecular weight is 438 g/mol. The van der Waals surface area contributed by atoms with Gasteiger partial charge in [0.05, 0.1) is 19.2 Å². The van der Waals surface area contributed by atoms with Gasteiger partial charge < -0.3 is 19.2 Å². The summed E-state index contributed by atoms with van der Waals surface area (Å²) in [7, 11) is 1.58. The molecule has 1 aromatic carbocycles. The summed E-state index contributed by atoms with van der Waals surface area (Å²) in [5, 5.41) is 13.2. The number of benzene rings is 1. The number of carbonyl (C=O) groups is 2. The fourth-order valence-corrected chi connectivity index (χ4v) is 4.62. The van der Waals surface area contributed by atoms with Crippen LogP contribution in [0.4, 0.5) is 0 Å². The molecule has 0 aliphatic carbocycles. The summed E-state index contributed by atoms with van der Waals surface area (Å²) in [4.78, 5) is 28.5. The minimum Gasteiger partial charge on any atom is -0.507 e. The van der Waals surface area contributed by atoms with Crippen LogP contribution in [0, 0.1) is 20.8 Å². The third-order valence-corrected chi connectivity index (χ3v) is 6.34. The number of Topliss-reactive ketones (excluding diaryl/α,β-unsaturated/α-hetero) is 1. The van der Waals surface area contributed by atoms with E-state index < -0.39 is 17.7 Å². The normalized spacial score (nSPS) is 18.1. The number of aliphatic hydroxyl groups excluding tert-OH is 1. The van der Waals surface area contributed by atoms with Crippen molar-refractivity contribution in [2.45, 2.75) is 33.4 Å². The molecule has 1 aliphatic rings. The summed E-state index contributed by atoms with van der Waals surface area (Å²) in [6, 6.07) is 10.1. The Hall–Kier alpha value is -3.32. The zero-order valence-electron chi connectivity index (χ0n) is 17.8. The second kappa shape index (κ2) is 8.07. The van der Waals surface area contributed by atoms with E-state index in [1.54, 1.807) is 38.3 Å². The first-order valence-corrected chi connectivity index (χ1v) is 10.7. The number of aliphatic hydroxyl groups is 1. The molecule has 1 aliphatic heterocycles. The number of furan rings is 1. The van der Waals surface area contributed by atoms with Crippen molar-refractivity contribution >= 4 is 28.8 Å². The summed E-state index contributed by atoms with van der Waals surface area (Å²) >= 11 is 1.50. The minimum atomic E-state index is -0.808. The van der Waals surface area contributed by atoms with Gasteiger partial charge in [0, 0.05) is 10.4 Å². The van der Waals surface area contributed by atoms with Crippen molar-refractivity contribution in [2.75, 3.05) is 7.11 Å². The zero-order valence-corrected chi connectivity index (χ0v) is 18.6. The van der Waals surface area contributed by atoms with E-state index in [0.29, 0.717) is 22.8 Å². The molecule has 2 aromatic heterocycles. The molecule has 1 saturated heterocycles. The number of hydrogen-bond donors (Lipinski definition) is 1. The number of carbonyl (C=O) groups excluding carboxylic acids is 2. The van der Waals surface area contributed by atoms with E-state index in [-0.39, 0.29) is 17.9 Å². The van der Waals surface area contributed by atoms with Crippen LogP contribution in [0.5, 0.6) is 5.75 Å². The van der Waals surface area contributed by atoms with Crippen molar-refractivity contribution in [3.8, 4) is 5.75 Å². The SMILES string of the molecule is COc1cc(C)c(/C(O)=C2\C(=O)C(=O)N(Cc3cccs3)C2c2ccc(C)o2)cc1C. The van der Waals surface area contributed by atoms with Crippen LogP contribution in [0.2, 0.25) is 0 Å². The summed E-state index contributed by atoms with van der Waals surface area (Å²) in [6.07, 6.45) is 0. The molecule has 3 aromatic rings. The van der Waals surface area contributed by atoms with Gasteiger partial charge in [-0.1, -0.05) is 6.07 Å². The monoisotopic (exact) mass is 437 g/mol. The van der Waals surface area contributed by atoms with Gasteiger partial charge in [-0.2, -0.15) is 0 Å². The van der Waals surface area contributed by atoms with E-state index in [0.717, 1.165) is 16.0 Å². The largest absolute Gasteiger partial charge is 0.507 e. The van der Waals surface area contributed by atoms with Crippen LogP contribution in [-0.4, -0.2) is 28.8 Å². The highest BCUT2D eigenvalue weighted by atomic mass is 32.1. The van der Waals surface area contributed by atoms with Crippen molar-refractivity contribution in [3.05, 3.63) is 80.4 Å². The number of ketones is 1. The molecule has 1 unspecified atom stereocenters. The first kappa shape index (κ1) is 20.9. The Morgan fingerprint density at radius 3 is 2.55 bits per heavy atom. The standard InChI is InChI=1S/C24H23NO5S/c1-13-11-19(29-4)14(2)10-17(13)22(26)20-21(18-8-7-15(3)30-18)25(24(28)23(20)27)12-16-6-5-9-31-16/h5-11,21,26H,12H2,1-4H3/b22-20+. The second-order valence-corrected chi connectivity index (χ2v) is 8.62. The number of methoxy groups -OCH3 is 1. The fraction of sp³-hybridized carbons (Fsp3) is 0.250. The van der Waals surface area contributed by atoms with Gasteiger partial charge in [-0.3, -0.25) is 9.59 Å². The van der Waals surface area contributed by atoms with E-state index in [4.69, 9.17) is 9.15 Å². The van der Waals surface area contributed by atoms with Gasteiger partial charge >= 0.3 is 0 Å². The molecule has 4 rings (SSSR count). The molecular weight excluding hydrogens is 414 g/mol. The molecule has 0 saturated carbocycles. The molecule has 3 heterocycles. The van der Waals surface area contributed by atoms with Crippen LogP contribution in [-0.2, 0) is 16.1 Å². The molecule has 1 atom stereocenters. The highest BCUT2D eigenvalue weighted by molar-refractivity contribution is 7.09. The molecule has 1 fully saturated rings. The number of rotatable bonds is 5. The molecule has 160 valence electrons. The molecule has 1 N–H and O–H groups in total. The van der Waals surface area contributed by atoms with Crippen molar-refractivity contribution in [2.24, 2.45) is 0 Å². The molecular formula is C24H23NO5S. The van der Waals surface area contributed by atoms with Crippen LogP contribution in [0.25, 0.3) is 5.76 Å². The Labute approximate surface area is 184 Å². The van der Waals surface area contributed by atoms with Crippen LogP contribution in [0.15, 0.2) is 51.8 Å². The minimum absolute atomic E-state index is 0.0311. The van der Waals surface area contributed by atoms with Crippen molar-refractivity contribution in [1.82, 2.24) is 4.90 Å². The lowest BCUT2D eigenvalue weighted by molar-refractivity contribution is -0.140.